The largest absolute Gasteiger partial charge is 0.298 e. The number of Topliss-reactive ketones (excluding diaryl/α,β-unsaturated/α-hetero) is 1. The van der Waals surface area contributed by atoms with Gasteiger partial charge in [0, 0.05) is 92.0 Å². The molecule has 0 aromatic heterocycles. The molecule has 4 rings (SSSR count). The number of ketones is 1. The van der Waals surface area contributed by atoms with Crippen LogP contribution in [-0.4, -0.2) is 187 Å². The summed E-state index contributed by atoms with van der Waals surface area (Å²) in [6, 6.07) is 0. The summed E-state index contributed by atoms with van der Waals surface area (Å²) < 4.78 is 0. The maximum Gasteiger partial charge on any atom is 0.197 e. The fourth-order valence-corrected chi connectivity index (χ4v) is 21.8. The highest BCUT2D eigenvalue weighted by atomic mass is 32.2. The molecule has 63 heavy (non-hydrogen) atoms. The van der Waals surface area contributed by atoms with Crippen molar-refractivity contribution in [1.29, 1.82) is 0 Å². The van der Waals surface area contributed by atoms with E-state index in [1.54, 1.807) is 23.5 Å². The molecule has 0 aromatic carbocycles. The van der Waals surface area contributed by atoms with Crippen molar-refractivity contribution in [2.75, 3.05) is 161 Å². The Morgan fingerprint density at radius 2 is 0.508 bits per heavy atom. The van der Waals surface area contributed by atoms with E-state index in [2.05, 4.69) is 108 Å². The van der Waals surface area contributed by atoms with Crippen molar-refractivity contribution in [3.63, 3.8) is 0 Å². The molecule has 5 nitrogen and oxygen atoms in total. The summed E-state index contributed by atoms with van der Waals surface area (Å²) in [6.07, 6.45) is 5.40. The smallest absolute Gasteiger partial charge is 0.197 e. The molecule has 4 saturated heterocycles. The van der Waals surface area contributed by atoms with Crippen molar-refractivity contribution in [2.45, 2.75) is 52.4 Å². The van der Waals surface area contributed by atoms with E-state index in [1.807, 2.05) is 23.5 Å². The van der Waals surface area contributed by atoms with Gasteiger partial charge >= 0.3 is 0 Å². The number of carbonyl (C=O) groups is 5. The molecule has 4 aliphatic rings. The molecule has 0 atom stereocenters. The summed E-state index contributed by atoms with van der Waals surface area (Å²) in [5.74, 6) is 32.8. The van der Waals surface area contributed by atoms with Crippen LogP contribution in [0.1, 0.15) is 52.4 Å². The summed E-state index contributed by atoms with van der Waals surface area (Å²) in [6.45, 7) is 4.83. The summed E-state index contributed by atoms with van der Waals surface area (Å²) in [5, 5.41) is -0.606. The molecule has 0 saturated carbocycles. The first-order valence-corrected chi connectivity index (χ1v) is 39.5. The zero-order chi connectivity index (χ0) is 45.7. The molecule has 0 aromatic rings. The van der Waals surface area contributed by atoms with Crippen LogP contribution in [0.4, 0.5) is 0 Å². The lowest BCUT2D eigenvalue weighted by Gasteiger charge is -2.23. The van der Waals surface area contributed by atoms with E-state index >= 15 is 0 Å². The quantitative estimate of drug-likeness (QED) is 0.216. The monoisotopic (exact) mass is 1170 g/mol. The molecule has 0 amide bonds. The SMILES string of the molecule is C1CSCCSCCCSCCSC1.CC1(C)CSCCSCCCSCCSC1.O=C1CC(=O)SCCSC(=O)CC(=O)SCCS1.O=C1CSCCSCCCSCCSC1. The second kappa shape index (κ2) is 49.5. The van der Waals surface area contributed by atoms with Gasteiger partial charge in [0.25, 0.3) is 0 Å². The lowest BCUT2D eigenvalue weighted by Crippen LogP contribution is -2.19. The molecule has 0 N–H and O–H groups in total. The Bertz CT molecular complexity index is 1000. The molecule has 4 heterocycles. The van der Waals surface area contributed by atoms with E-state index in [0.717, 1.165) is 70.1 Å². The van der Waals surface area contributed by atoms with E-state index in [-0.39, 0.29) is 33.3 Å². The zero-order valence-electron chi connectivity index (χ0n) is 37.6. The first-order chi connectivity index (χ1) is 30.7. The van der Waals surface area contributed by atoms with Crippen LogP contribution in [0.5, 0.6) is 0 Å². The minimum Gasteiger partial charge on any atom is -0.298 e. The maximum atomic E-state index is 11.4. The topological polar surface area (TPSA) is 85.3 Å². The van der Waals surface area contributed by atoms with Crippen LogP contribution < -0.4 is 0 Å². The number of rotatable bonds is 0. The lowest BCUT2D eigenvalue weighted by atomic mass is 10.0. The number of hydrogen-bond donors (Lipinski definition) is 0. The third kappa shape index (κ3) is 49.3. The van der Waals surface area contributed by atoms with Crippen molar-refractivity contribution in [3.8, 4) is 0 Å². The average Bonchev–Trinajstić information content (AvgIpc) is 3.25. The van der Waals surface area contributed by atoms with Crippen LogP contribution >= 0.6 is 188 Å². The molecule has 4 fully saturated rings. The van der Waals surface area contributed by atoms with Gasteiger partial charge in [-0.3, -0.25) is 24.0 Å². The normalized spacial score (nSPS) is 23.7. The van der Waals surface area contributed by atoms with Crippen molar-refractivity contribution >= 4 is 214 Å². The number of hydrogen-bond acceptors (Lipinski definition) is 21. The molecule has 4 aliphatic heterocycles. The maximum absolute atomic E-state index is 11.4. The highest BCUT2D eigenvalue weighted by molar-refractivity contribution is 8.19. The van der Waals surface area contributed by atoms with Crippen LogP contribution in [0.2, 0.25) is 0 Å². The van der Waals surface area contributed by atoms with Gasteiger partial charge in [-0.25, -0.2) is 0 Å². The Kier molecular flexibility index (Phi) is 51.1. The summed E-state index contributed by atoms with van der Waals surface area (Å²) in [4.78, 5) is 56.9. The predicted octanol–water partition coefficient (Wildman–Crippen LogP) is 12.8. The van der Waals surface area contributed by atoms with Crippen molar-refractivity contribution in [1.82, 2.24) is 0 Å². The second-order valence-corrected chi connectivity index (χ2v) is 33.3. The molecule has 0 spiro atoms. The molecule has 368 valence electrons. The molecule has 0 radical (unpaired) electrons. The van der Waals surface area contributed by atoms with Gasteiger partial charge in [-0.05, 0) is 88.6 Å². The minimum absolute atomic E-state index is 0.0768. The molecule has 0 unspecified atom stereocenters. The van der Waals surface area contributed by atoms with E-state index in [9.17, 15) is 24.0 Å². The van der Waals surface area contributed by atoms with Gasteiger partial charge in [0.2, 0.25) is 0 Å². The van der Waals surface area contributed by atoms with E-state index in [1.165, 1.54) is 141 Å². The molecule has 21 heteroatoms. The number of carbonyl (C=O) groups excluding carboxylic acids is 5. The Balaban J connectivity index is 0.000000422. The standard InChI is InChI=1S/C12H24S4.C10H12O4S4.C10H18OS4.C10H20S4/c1-12(2)10-15-8-6-13-4-3-5-14-7-9-16-11-12;11-7-5-9(13)17-3-4-18-10(14)6-8(12)16-2-1-15-7;11-10-8-14-6-4-12-2-1-3-13-5-7-15-9-10;1-3-11-7-9-13-5-2-6-14-10-8-12-4-1/h3-11H2,1-2H3;1-6H2;1-9H2;1-10H2. The summed E-state index contributed by atoms with van der Waals surface area (Å²) >= 11 is 29.1. The Morgan fingerprint density at radius 1 is 0.286 bits per heavy atom. The predicted molar refractivity (Wildman–Crippen MR) is 324 cm³/mol. The van der Waals surface area contributed by atoms with Crippen LogP contribution in [0, 0.1) is 5.41 Å². The Hall–Kier alpha value is 3.95. The molecular weight excluding hydrogens is 1100 g/mol. The highest BCUT2D eigenvalue weighted by Gasteiger charge is 2.18. The molecule has 0 aliphatic carbocycles. The van der Waals surface area contributed by atoms with Crippen LogP contribution in [0.3, 0.4) is 0 Å². The van der Waals surface area contributed by atoms with Crippen molar-refractivity contribution < 1.29 is 24.0 Å². The third-order valence-electron chi connectivity index (χ3n) is 7.85. The first kappa shape index (κ1) is 65.0. The van der Waals surface area contributed by atoms with Crippen molar-refractivity contribution in [3.05, 3.63) is 0 Å². The highest BCUT2D eigenvalue weighted by Crippen LogP contribution is 2.28. The Labute approximate surface area is 451 Å². The van der Waals surface area contributed by atoms with Gasteiger partial charge in [0.1, 0.15) is 0 Å². The minimum atomic E-state index is -0.152. The van der Waals surface area contributed by atoms with Gasteiger partial charge in [0.15, 0.2) is 26.2 Å². The molecule has 0 bridgehead atoms. The van der Waals surface area contributed by atoms with Crippen molar-refractivity contribution in [2.24, 2.45) is 5.41 Å². The third-order valence-corrected chi connectivity index (χ3v) is 27.0. The summed E-state index contributed by atoms with van der Waals surface area (Å²) in [7, 11) is 0. The zero-order valence-corrected chi connectivity index (χ0v) is 50.7. The van der Waals surface area contributed by atoms with Crippen LogP contribution in [0.25, 0.3) is 0 Å². The van der Waals surface area contributed by atoms with Gasteiger partial charge in [-0.2, -0.15) is 141 Å². The fourth-order valence-electron chi connectivity index (χ4n) is 4.79. The van der Waals surface area contributed by atoms with Gasteiger partial charge < -0.3 is 0 Å². The summed E-state index contributed by atoms with van der Waals surface area (Å²) in [5.41, 5.74) is 0.523. The van der Waals surface area contributed by atoms with E-state index in [0.29, 0.717) is 34.2 Å². The second-order valence-electron chi connectivity index (χ2n) is 14.5. The van der Waals surface area contributed by atoms with Gasteiger partial charge in [0.05, 0.1) is 24.3 Å². The first-order valence-electron chi connectivity index (χ1n) is 21.7. The fraction of sp³-hybridized carbons (Fsp3) is 0.881. The van der Waals surface area contributed by atoms with Crippen LogP contribution in [0.15, 0.2) is 0 Å². The Morgan fingerprint density at radius 3 is 0.762 bits per heavy atom. The number of thioether (sulfide) groups is 16. The van der Waals surface area contributed by atoms with E-state index in [4.69, 9.17) is 0 Å². The van der Waals surface area contributed by atoms with Crippen LogP contribution in [-0.2, 0) is 24.0 Å². The van der Waals surface area contributed by atoms with Gasteiger partial charge in [-0.15, -0.1) is 0 Å². The lowest BCUT2D eigenvalue weighted by molar-refractivity contribution is -0.119. The van der Waals surface area contributed by atoms with E-state index < -0.39 is 0 Å². The molecular formula is C42H74O5S16. The van der Waals surface area contributed by atoms with Gasteiger partial charge in [-0.1, -0.05) is 60.9 Å². The average molecular weight is 1170 g/mol.